The predicted octanol–water partition coefficient (Wildman–Crippen LogP) is 2.15. The van der Waals surface area contributed by atoms with Crippen molar-refractivity contribution in [1.82, 2.24) is 9.71 Å². The average molecular weight is 323 g/mol. The zero-order valence-electron chi connectivity index (χ0n) is 11.7. The standard InChI is InChI=1S/C14H17N3O2S2/c1-2-11-8-16-14(20-11)9-17-21(18,19)12-3-4-13-10(7-12)5-6-15-13/h3-4,7-8,15,17H,2,5-6,9H2,1H3. The zero-order valence-corrected chi connectivity index (χ0v) is 13.4. The number of aryl methyl sites for hydroxylation is 1. The number of fused-ring (bicyclic) bond motifs is 1. The molecule has 2 aromatic rings. The molecule has 1 aliphatic rings. The number of rotatable bonds is 5. The Morgan fingerprint density at radius 1 is 1.43 bits per heavy atom. The third-order valence-electron chi connectivity index (χ3n) is 3.46. The zero-order chi connectivity index (χ0) is 14.9. The maximum Gasteiger partial charge on any atom is 0.240 e. The van der Waals surface area contributed by atoms with Crippen LogP contribution in [0.4, 0.5) is 5.69 Å². The molecule has 1 aromatic heterocycles. The number of hydrogen-bond acceptors (Lipinski definition) is 5. The van der Waals surface area contributed by atoms with Crippen LogP contribution in [0.5, 0.6) is 0 Å². The first-order valence-corrected chi connectivity index (χ1v) is 9.18. The van der Waals surface area contributed by atoms with Crippen LogP contribution in [0.3, 0.4) is 0 Å². The van der Waals surface area contributed by atoms with Gasteiger partial charge in [-0.25, -0.2) is 18.1 Å². The Morgan fingerprint density at radius 3 is 3.05 bits per heavy atom. The fourth-order valence-electron chi connectivity index (χ4n) is 2.28. The number of hydrogen-bond donors (Lipinski definition) is 2. The van der Waals surface area contributed by atoms with Crippen LogP contribution in [-0.4, -0.2) is 19.9 Å². The lowest BCUT2D eigenvalue weighted by Crippen LogP contribution is -2.23. The molecule has 0 radical (unpaired) electrons. The Kier molecular flexibility index (Phi) is 3.97. The van der Waals surface area contributed by atoms with E-state index in [1.54, 1.807) is 29.7 Å². The van der Waals surface area contributed by atoms with E-state index in [4.69, 9.17) is 0 Å². The summed E-state index contributed by atoms with van der Waals surface area (Å²) in [5, 5.41) is 4.01. The highest BCUT2D eigenvalue weighted by atomic mass is 32.2. The number of nitrogens with one attached hydrogen (secondary N) is 2. The molecule has 7 heteroatoms. The Morgan fingerprint density at radius 2 is 2.29 bits per heavy atom. The Balaban J connectivity index is 1.74. The first-order valence-electron chi connectivity index (χ1n) is 6.88. The van der Waals surface area contributed by atoms with E-state index in [1.165, 1.54) is 0 Å². The summed E-state index contributed by atoms with van der Waals surface area (Å²) in [7, 11) is -3.49. The topological polar surface area (TPSA) is 71.1 Å². The van der Waals surface area contributed by atoms with Gasteiger partial charge in [-0.05, 0) is 36.6 Å². The van der Waals surface area contributed by atoms with E-state index < -0.39 is 10.0 Å². The van der Waals surface area contributed by atoms with Gasteiger partial charge in [0.2, 0.25) is 10.0 Å². The average Bonchev–Trinajstić information content (AvgIpc) is 3.13. The molecule has 1 aromatic carbocycles. The van der Waals surface area contributed by atoms with Gasteiger partial charge in [-0.15, -0.1) is 11.3 Å². The fourth-order valence-corrected chi connectivity index (χ4v) is 4.21. The van der Waals surface area contributed by atoms with Crippen LogP contribution in [-0.2, 0) is 29.4 Å². The lowest BCUT2D eigenvalue weighted by Gasteiger charge is -2.07. The van der Waals surface area contributed by atoms with Crippen LogP contribution < -0.4 is 10.0 Å². The molecule has 0 spiro atoms. The van der Waals surface area contributed by atoms with Gasteiger partial charge in [-0.3, -0.25) is 0 Å². The fraction of sp³-hybridized carbons (Fsp3) is 0.357. The highest BCUT2D eigenvalue weighted by Crippen LogP contribution is 2.25. The molecule has 5 nitrogen and oxygen atoms in total. The second-order valence-electron chi connectivity index (χ2n) is 4.89. The minimum Gasteiger partial charge on any atom is -0.384 e. The van der Waals surface area contributed by atoms with Crippen molar-refractivity contribution in [3.8, 4) is 0 Å². The molecule has 3 rings (SSSR count). The van der Waals surface area contributed by atoms with Gasteiger partial charge in [0.25, 0.3) is 0 Å². The smallest absolute Gasteiger partial charge is 0.240 e. The van der Waals surface area contributed by atoms with E-state index in [2.05, 4.69) is 21.9 Å². The van der Waals surface area contributed by atoms with Crippen molar-refractivity contribution in [3.63, 3.8) is 0 Å². The van der Waals surface area contributed by atoms with Crippen molar-refractivity contribution in [1.29, 1.82) is 0 Å². The molecule has 1 aliphatic heterocycles. The highest BCUT2D eigenvalue weighted by Gasteiger charge is 2.18. The second kappa shape index (κ2) is 5.75. The minimum atomic E-state index is -3.49. The van der Waals surface area contributed by atoms with Gasteiger partial charge in [-0.1, -0.05) is 6.92 Å². The lowest BCUT2D eigenvalue weighted by atomic mass is 10.2. The summed E-state index contributed by atoms with van der Waals surface area (Å²) in [6.07, 6.45) is 3.59. The number of thiazole rings is 1. The normalized spacial score (nSPS) is 14.0. The maximum atomic E-state index is 12.3. The number of aromatic nitrogens is 1. The summed E-state index contributed by atoms with van der Waals surface area (Å²) in [4.78, 5) is 5.70. The summed E-state index contributed by atoms with van der Waals surface area (Å²) in [5.74, 6) is 0. The molecule has 0 fully saturated rings. The van der Waals surface area contributed by atoms with Gasteiger partial charge >= 0.3 is 0 Å². The third kappa shape index (κ3) is 3.09. The van der Waals surface area contributed by atoms with Crippen molar-refractivity contribution >= 4 is 27.0 Å². The van der Waals surface area contributed by atoms with Crippen LogP contribution in [0, 0.1) is 0 Å². The summed E-state index contributed by atoms with van der Waals surface area (Å²) < 4.78 is 27.3. The predicted molar refractivity (Wildman–Crippen MR) is 84.2 cm³/mol. The van der Waals surface area contributed by atoms with Crippen molar-refractivity contribution in [2.75, 3.05) is 11.9 Å². The summed E-state index contributed by atoms with van der Waals surface area (Å²) in [5.41, 5.74) is 2.09. The first kappa shape index (κ1) is 14.5. The van der Waals surface area contributed by atoms with E-state index in [-0.39, 0.29) is 6.54 Å². The first-order chi connectivity index (χ1) is 10.1. The summed E-state index contributed by atoms with van der Waals surface area (Å²) in [6, 6.07) is 5.21. The van der Waals surface area contributed by atoms with E-state index >= 15 is 0 Å². The summed E-state index contributed by atoms with van der Waals surface area (Å²) >= 11 is 1.54. The van der Waals surface area contributed by atoms with Gasteiger partial charge in [0.1, 0.15) is 5.01 Å². The number of sulfonamides is 1. The molecule has 0 bridgehead atoms. The van der Waals surface area contributed by atoms with Crippen molar-refractivity contribution < 1.29 is 8.42 Å². The van der Waals surface area contributed by atoms with E-state index in [0.29, 0.717) is 4.90 Å². The van der Waals surface area contributed by atoms with Crippen molar-refractivity contribution in [2.24, 2.45) is 0 Å². The van der Waals surface area contributed by atoms with Gasteiger partial charge < -0.3 is 5.32 Å². The minimum absolute atomic E-state index is 0.238. The second-order valence-corrected chi connectivity index (χ2v) is 7.86. The quantitative estimate of drug-likeness (QED) is 0.884. The summed E-state index contributed by atoms with van der Waals surface area (Å²) in [6.45, 7) is 3.16. The van der Waals surface area contributed by atoms with Gasteiger partial charge in [0.05, 0.1) is 11.4 Å². The third-order valence-corrected chi connectivity index (χ3v) is 6.00. The van der Waals surface area contributed by atoms with Gasteiger partial charge in [0, 0.05) is 23.3 Å². The van der Waals surface area contributed by atoms with Crippen LogP contribution >= 0.6 is 11.3 Å². The Labute approximate surface area is 128 Å². The molecule has 0 aliphatic carbocycles. The molecule has 0 amide bonds. The number of nitrogens with zero attached hydrogens (tertiary/aromatic N) is 1. The Hall–Kier alpha value is -1.44. The molecule has 112 valence electrons. The van der Waals surface area contributed by atoms with E-state index in [9.17, 15) is 8.42 Å². The highest BCUT2D eigenvalue weighted by molar-refractivity contribution is 7.89. The monoisotopic (exact) mass is 323 g/mol. The molecule has 0 unspecified atom stereocenters. The van der Waals surface area contributed by atoms with E-state index in [1.807, 2.05) is 6.07 Å². The van der Waals surface area contributed by atoms with Gasteiger partial charge in [0.15, 0.2) is 0 Å². The van der Waals surface area contributed by atoms with Crippen molar-refractivity contribution in [2.45, 2.75) is 31.2 Å². The molecular formula is C14H17N3O2S2. The molecule has 0 saturated heterocycles. The number of anilines is 1. The van der Waals surface area contributed by atoms with Gasteiger partial charge in [-0.2, -0.15) is 0 Å². The molecular weight excluding hydrogens is 306 g/mol. The molecule has 0 saturated carbocycles. The lowest BCUT2D eigenvalue weighted by molar-refractivity contribution is 0.581. The molecule has 2 N–H and O–H groups in total. The molecule has 21 heavy (non-hydrogen) atoms. The van der Waals surface area contributed by atoms with Crippen molar-refractivity contribution in [3.05, 3.63) is 39.8 Å². The van der Waals surface area contributed by atoms with Crippen LogP contribution in [0.25, 0.3) is 0 Å². The molecule has 2 heterocycles. The number of benzene rings is 1. The maximum absolute atomic E-state index is 12.3. The SMILES string of the molecule is CCc1cnc(CNS(=O)(=O)c2ccc3c(c2)CCN3)s1. The van der Waals surface area contributed by atoms with Crippen LogP contribution in [0.2, 0.25) is 0 Å². The van der Waals surface area contributed by atoms with E-state index in [0.717, 1.165) is 40.5 Å². The van der Waals surface area contributed by atoms with Crippen LogP contribution in [0.15, 0.2) is 29.3 Å². The largest absolute Gasteiger partial charge is 0.384 e. The Bertz CT molecular complexity index is 753. The van der Waals surface area contributed by atoms with Crippen LogP contribution in [0.1, 0.15) is 22.4 Å². The molecule has 0 atom stereocenters.